The number of aryl methyl sites for hydroxylation is 1. The van der Waals surface area contributed by atoms with Gasteiger partial charge in [-0.1, -0.05) is 36.9 Å². The van der Waals surface area contributed by atoms with Crippen LogP contribution >= 0.6 is 0 Å². The number of hydrogen-bond donors (Lipinski definition) is 1. The third-order valence-corrected chi connectivity index (χ3v) is 1.97. The van der Waals surface area contributed by atoms with E-state index in [1.165, 1.54) is 11.1 Å². The van der Waals surface area contributed by atoms with Gasteiger partial charge in [-0.2, -0.15) is 0 Å². The van der Waals surface area contributed by atoms with Crippen LogP contribution in [0.2, 0.25) is 0 Å². The molecule has 0 spiro atoms. The Morgan fingerprint density at radius 3 is 2.69 bits per heavy atom. The molecule has 0 fully saturated rings. The summed E-state index contributed by atoms with van der Waals surface area (Å²) in [6.07, 6.45) is 4.04. The normalized spacial score (nSPS) is 10.3. The lowest BCUT2D eigenvalue weighted by Crippen LogP contribution is -2.00. The van der Waals surface area contributed by atoms with Gasteiger partial charge >= 0.3 is 0 Å². The van der Waals surface area contributed by atoms with E-state index < -0.39 is 0 Å². The average Bonchev–Trinajstić information content (AvgIpc) is 2.16. The fraction of sp³-hybridized carbons (Fsp3) is 0.167. The Morgan fingerprint density at radius 1 is 1.38 bits per heavy atom. The van der Waals surface area contributed by atoms with Crippen LogP contribution in [-0.4, -0.2) is 7.05 Å². The molecule has 0 bridgehead atoms. The van der Waals surface area contributed by atoms with Gasteiger partial charge in [-0.3, -0.25) is 0 Å². The maximum Gasteiger partial charge on any atom is 0.0264 e. The van der Waals surface area contributed by atoms with Crippen LogP contribution in [0.3, 0.4) is 0 Å². The molecule has 1 rings (SSSR count). The first-order chi connectivity index (χ1) is 6.24. The highest BCUT2D eigenvalue weighted by Gasteiger charge is 1.90. The van der Waals surface area contributed by atoms with Crippen molar-refractivity contribution >= 4 is 6.08 Å². The number of hydrogen-bond acceptors (Lipinski definition) is 1. The largest absolute Gasteiger partial charge is 0.389 e. The monoisotopic (exact) mass is 173 g/mol. The zero-order chi connectivity index (χ0) is 9.68. The predicted octanol–water partition coefficient (Wildman–Crippen LogP) is 2.74. The quantitative estimate of drug-likeness (QED) is 0.693. The van der Waals surface area contributed by atoms with Crippen LogP contribution in [0.4, 0.5) is 0 Å². The van der Waals surface area contributed by atoms with Gasteiger partial charge in [0.2, 0.25) is 0 Å². The smallest absolute Gasteiger partial charge is 0.0264 e. The molecule has 0 aromatic heterocycles. The third kappa shape index (κ3) is 2.79. The number of benzene rings is 1. The molecule has 1 nitrogen and oxygen atoms in total. The molecule has 0 aliphatic heterocycles. The van der Waals surface area contributed by atoms with Gasteiger partial charge in [0.05, 0.1) is 0 Å². The molecule has 0 radical (unpaired) electrons. The molecule has 1 aromatic rings. The zero-order valence-corrected chi connectivity index (χ0v) is 8.17. The first-order valence-corrected chi connectivity index (χ1v) is 4.34. The van der Waals surface area contributed by atoms with E-state index >= 15 is 0 Å². The summed E-state index contributed by atoms with van der Waals surface area (Å²) in [4.78, 5) is 0. The molecule has 0 aliphatic rings. The topological polar surface area (TPSA) is 12.0 Å². The molecule has 0 saturated carbocycles. The van der Waals surface area contributed by atoms with Crippen molar-refractivity contribution in [2.75, 3.05) is 7.05 Å². The Bertz CT molecular complexity index is 324. The van der Waals surface area contributed by atoms with Gasteiger partial charge in [0, 0.05) is 12.7 Å². The maximum atomic E-state index is 3.82. The molecular formula is C12H15N. The van der Waals surface area contributed by atoms with E-state index in [1.807, 2.05) is 25.3 Å². The molecule has 0 heterocycles. The number of nitrogens with one attached hydrogen (secondary N) is 1. The minimum absolute atomic E-state index is 0.920. The van der Waals surface area contributed by atoms with Gasteiger partial charge in [-0.25, -0.2) is 0 Å². The highest BCUT2D eigenvalue weighted by atomic mass is 14.8. The SMILES string of the molecule is C=C(/C=C\c1ccccc1C)NC. The molecule has 0 atom stereocenters. The summed E-state index contributed by atoms with van der Waals surface area (Å²) < 4.78 is 0. The fourth-order valence-electron chi connectivity index (χ4n) is 1.05. The van der Waals surface area contributed by atoms with Crippen LogP contribution < -0.4 is 5.32 Å². The van der Waals surface area contributed by atoms with E-state index in [0.717, 1.165) is 5.70 Å². The molecule has 1 heteroatoms. The Morgan fingerprint density at radius 2 is 2.08 bits per heavy atom. The molecule has 13 heavy (non-hydrogen) atoms. The molecule has 68 valence electrons. The first kappa shape index (κ1) is 9.59. The van der Waals surface area contributed by atoms with Crippen molar-refractivity contribution < 1.29 is 0 Å². The lowest BCUT2D eigenvalue weighted by Gasteiger charge is -1.99. The predicted molar refractivity (Wildman–Crippen MR) is 58.4 cm³/mol. The summed E-state index contributed by atoms with van der Waals surface area (Å²) in [6, 6.07) is 8.27. The standard InChI is InChI=1S/C12H15N/c1-10-6-4-5-7-12(10)9-8-11(2)13-3/h4-9,13H,2H2,1,3H3/b9-8-. The van der Waals surface area contributed by atoms with Crippen LogP contribution in [0.15, 0.2) is 42.6 Å². The average molecular weight is 173 g/mol. The van der Waals surface area contributed by atoms with Crippen molar-refractivity contribution in [3.05, 3.63) is 53.7 Å². The van der Waals surface area contributed by atoms with Gasteiger partial charge < -0.3 is 5.32 Å². The van der Waals surface area contributed by atoms with Crippen molar-refractivity contribution in [3.63, 3.8) is 0 Å². The van der Waals surface area contributed by atoms with E-state index in [4.69, 9.17) is 0 Å². The molecule has 0 unspecified atom stereocenters. The van der Waals surface area contributed by atoms with Crippen molar-refractivity contribution in [1.29, 1.82) is 0 Å². The Hall–Kier alpha value is -1.50. The highest BCUT2D eigenvalue weighted by Crippen LogP contribution is 2.09. The Kier molecular flexibility index (Phi) is 3.32. The van der Waals surface area contributed by atoms with E-state index in [0.29, 0.717) is 0 Å². The Labute approximate surface area is 79.8 Å². The van der Waals surface area contributed by atoms with Crippen LogP contribution in [0, 0.1) is 6.92 Å². The van der Waals surface area contributed by atoms with Crippen LogP contribution in [-0.2, 0) is 0 Å². The lowest BCUT2D eigenvalue weighted by atomic mass is 10.1. The number of allylic oxidation sites excluding steroid dienone is 1. The second-order valence-electron chi connectivity index (χ2n) is 2.97. The highest BCUT2D eigenvalue weighted by molar-refractivity contribution is 5.55. The molecule has 0 saturated heterocycles. The van der Waals surface area contributed by atoms with Crippen LogP contribution in [0.25, 0.3) is 6.08 Å². The van der Waals surface area contributed by atoms with Gasteiger partial charge in [-0.15, -0.1) is 0 Å². The van der Waals surface area contributed by atoms with E-state index in [9.17, 15) is 0 Å². The molecule has 1 N–H and O–H groups in total. The molecule has 1 aromatic carbocycles. The summed E-state index contributed by atoms with van der Waals surface area (Å²) in [5.74, 6) is 0. The van der Waals surface area contributed by atoms with Gasteiger partial charge in [0.1, 0.15) is 0 Å². The van der Waals surface area contributed by atoms with E-state index in [-0.39, 0.29) is 0 Å². The first-order valence-electron chi connectivity index (χ1n) is 4.34. The summed E-state index contributed by atoms with van der Waals surface area (Å²) >= 11 is 0. The van der Waals surface area contributed by atoms with Gasteiger partial charge in [0.25, 0.3) is 0 Å². The van der Waals surface area contributed by atoms with E-state index in [2.05, 4.69) is 37.0 Å². The number of rotatable bonds is 3. The lowest BCUT2D eigenvalue weighted by molar-refractivity contribution is 1.04. The van der Waals surface area contributed by atoms with Crippen LogP contribution in [0.5, 0.6) is 0 Å². The van der Waals surface area contributed by atoms with Crippen molar-refractivity contribution in [1.82, 2.24) is 5.32 Å². The van der Waals surface area contributed by atoms with Crippen molar-refractivity contribution in [3.8, 4) is 0 Å². The second kappa shape index (κ2) is 4.51. The second-order valence-corrected chi connectivity index (χ2v) is 2.97. The number of likely N-dealkylation sites (N-methyl/N-ethyl adjacent to an activating group) is 1. The minimum atomic E-state index is 0.920. The van der Waals surface area contributed by atoms with Crippen LogP contribution in [0.1, 0.15) is 11.1 Å². The van der Waals surface area contributed by atoms with Crippen molar-refractivity contribution in [2.45, 2.75) is 6.92 Å². The van der Waals surface area contributed by atoms with E-state index in [1.54, 1.807) is 0 Å². The molecule has 0 aliphatic carbocycles. The van der Waals surface area contributed by atoms with Gasteiger partial charge in [0.15, 0.2) is 0 Å². The Balaban J connectivity index is 2.80. The summed E-state index contributed by atoms with van der Waals surface area (Å²) in [7, 11) is 1.87. The van der Waals surface area contributed by atoms with Gasteiger partial charge in [-0.05, 0) is 24.1 Å². The third-order valence-electron chi connectivity index (χ3n) is 1.97. The molecule has 0 amide bonds. The summed E-state index contributed by atoms with van der Waals surface area (Å²) in [5.41, 5.74) is 3.44. The fourth-order valence-corrected chi connectivity index (χ4v) is 1.05. The summed E-state index contributed by atoms with van der Waals surface area (Å²) in [5, 5.41) is 2.97. The molecular weight excluding hydrogens is 158 g/mol. The summed E-state index contributed by atoms with van der Waals surface area (Å²) in [6.45, 7) is 5.92. The minimum Gasteiger partial charge on any atom is -0.389 e. The zero-order valence-electron chi connectivity index (χ0n) is 8.17. The van der Waals surface area contributed by atoms with Crippen molar-refractivity contribution in [2.24, 2.45) is 0 Å². The maximum absolute atomic E-state index is 3.82.